The number of rotatable bonds is 3. The minimum absolute atomic E-state index is 0.275. The van der Waals surface area contributed by atoms with Gasteiger partial charge in [0.2, 0.25) is 0 Å². The number of hydrogen-bond donors (Lipinski definition) is 2. The second-order valence-corrected chi connectivity index (χ2v) is 4.93. The number of benzene rings is 1. The van der Waals surface area contributed by atoms with Crippen molar-refractivity contribution in [2.75, 3.05) is 6.54 Å². The molecule has 0 amide bonds. The minimum Gasteiger partial charge on any atom is -0.480 e. The van der Waals surface area contributed by atoms with Crippen molar-refractivity contribution in [3.05, 3.63) is 35.8 Å². The fraction of sp³-hybridized carbons (Fsp3) is 0.357. The number of carbonyl (C=O) groups is 1. The predicted octanol–water partition coefficient (Wildman–Crippen LogP) is 2.36. The molecular weight excluding hydrogens is 247 g/mol. The first-order valence-corrected chi connectivity index (χ1v) is 6.38. The average Bonchev–Trinajstić information content (AvgIpc) is 3.01. The maximum atomic E-state index is 14.0. The number of aromatic amines is 1. The number of aromatic nitrogens is 1. The summed E-state index contributed by atoms with van der Waals surface area (Å²) in [6.45, 7) is 1.05. The molecule has 1 unspecified atom stereocenters. The summed E-state index contributed by atoms with van der Waals surface area (Å²) in [7, 11) is 0. The highest BCUT2D eigenvalue weighted by atomic mass is 19.1. The first-order chi connectivity index (χ1) is 9.16. The zero-order valence-electron chi connectivity index (χ0n) is 10.4. The molecule has 19 heavy (non-hydrogen) atoms. The van der Waals surface area contributed by atoms with Crippen molar-refractivity contribution < 1.29 is 14.3 Å². The van der Waals surface area contributed by atoms with Crippen molar-refractivity contribution >= 4 is 16.9 Å². The molecule has 2 aromatic rings. The molecule has 4 nitrogen and oxygen atoms in total. The Bertz CT molecular complexity index is 623. The Balaban J connectivity index is 1.94. The van der Waals surface area contributed by atoms with E-state index >= 15 is 0 Å². The van der Waals surface area contributed by atoms with E-state index in [9.17, 15) is 9.18 Å². The highest BCUT2D eigenvalue weighted by Crippen LogP contribution is 2.26. The molecule has 1 atom stereocenters. The Morgan fingerprint density at radius 1 is 1.47 bits per heavy atom. The summed E-state index contributed by atoms with van der Waals surface area (Å²) in [6.07, 6.45) is 3.26. The second kappa shape index (κ2) is 4.66. The van der Waals surface area contributed by atoms with Crippen molar-refractivity contribution in [1.29, 1.82) is 0 Å². The van der Waals surface area contributed by atoms with Crippen LogP contribution in [0.2, 0.25) is 0 Å². The third-order valence-electron chi connectivity index (χ3n) is 3.80. The number of nitrogens with zero attached hydrogens (tertiary/aromatic N) is 1. The number of carboxylic acid groups (broad SMARTS) is 1. The van der Waals surface area contributed by atoms with Crippen molar-refractivity contribution in [3.8, 4) is 0 Å². The van der Waals surface area contributed by atoms with Gasteiger partial charge in [-0.1, -0.05) is 0 Å². The van der Waals surface area contributed by atoms with Crippen LogP contribution < -0.4 is 0 Å². The van der Waals surface area contributed by atoms with Gasteiger partial charge in [0.1, 0.15) is 11.9 Å². The highest BCUT2D eigenvalue weighted by molar-refractivity contribution is 5.83. The maximum absolute atomic E-state index is 14.0. The molecule has 2 N–H and O–H groups in total. The van der Waals surface area contributed by atoms with Crippen LogP contribution in [-0.4, -0.2) is 33.5 Å². The summed E-state index contributed by atoms with van der Waals surface area (Å²) >= 11 is 0. The number of aliphatic carboxylic acids is 1. The van der Waals surface area contributed by atoms with Crippen molar-refractivity contribution in [1.82, 2.24) is 9.88 Å². The lowest BCUT2D eigenvalue weighted by molar-refractivity contribution is -0.142. The predicted molar refractivity (Wildman–Crippen MR) is 69.3 cm³/mol. The second-order valence-electron chi connectivity index (χ2n) is 4.93. The van der Waals surface area contributed by atoms with Crippen LogP contribution in [-0.2, 0) is 11.3 Å². The Kier molecular flexibility index (Phi) is 2.98. The Morgan fingerprint density at radius 3 is 3.11 bits per heavy atom. The van der Waals surface area contributed by atoms with Crippen LogP contribution >= 0.6 is 0 Å². The number of carboxylic acids is 1. The lowest BCUT2D eigenvalue weighted by atomic mass is 10.1. The van der Waals surface area contributed by atoms with E-state index in [0.29, 0.717) is 25.1 Å². The first kappa shape index (κ1) is 12.2. The summed E-state index contributed by atoms with van der Waals surface area (Å²) in [5, 5.41) is 9.99. The number of H-pyrrole nitrogens is 1. The molecule has 1 aliphatic rings. The van der Waals surface area contributed by atoms with Gasteiger partial charge in [-0.15, -0.1) is 0 Å². The Morgan fingerprint density at radius 2 is 2.32 bits per heavy atom. The number of likely N-dealkylation sites (tertiary alicyclic amines) is 1. The van der Waals surface area contributed by atoms with Crippen LogP contribution in [0.5, 0.6) is 0 Å². The SMILES string of the molecule is O=C(O)C1CCCN1Cc1c(F)ccc2[nH]ccc12. The molecule has 100 valence electrons. The first-order valence-electron chi connectivity index (χ1n) is 6.38. The molecular formula is C14H15FN2O2. The monoisotopic (exact) mass is 262 g/mol. The highest BCUT2D eigenvalue weighted by Gasteiger charge is 2.31. The van der Waals surface area contributed by atoms with E-state index in [-0.39, 0.29) is 5.82 Å². The molecule has 1 aromatic heterocycles. The molecule has 1 aromatic carbocycles. The summed E-state index contributed by atoms with van der Waals surface area (Å²) in [4.78, 5) is 16.0. The molecule has 5 heteroatoms. The zero-order valence-corrected chi connectivity index (χ0v) is 10.4. The summed E-state index contributed by atoms with van der Waals surface area (Å²) in [5.74, 6) is -1.10. The number of hydrogen-bond acceptors (Lipinski definition) is 2. The van der Waals surface area contributed by atoms with Gasteiger partial charge in [0, 0.05) is 29.2 Å². The van der Waals surface area contributed by atoms with Crippen molar-refractivity contribution in [2.24, 2.45) is 0 Å². The topological polar surface area (TPSA) is 56.3 Å². The zero-order chi connectivity index (χ0) is 13.4. The summed E-state index contributed by atoms with van der Waals surface area (Å²) in [6, 6.07) is 4.47. The van der Waals surface area contributed by atoms with Crippen LogP contribution in [0.4, 0.5) is 4.39 Å². The van der Waals surface area contributed by atoms with E-state index in [1.165, 1.54) is 6.07 Å². The van der Waals surface area contributed by atoms with Gasteiger partial charge in [0.15, 0.2) is 0 Å². The molecule has 1 fully saturated rings. The molecule has 0 saturated carbocycles. The molecule has 0 bridgehead atoms. The van der Waals surface area contributed by atoms with Gasteiger partial charge >= 0.3 is 5.97 Å². The lowest BCUT2D eigenvalue weighted by Crippen LogP contribution is -2.35. The molecule has 0 spiro atoms. The van der Waals surface area contributed by atoms with Crippen LogP contribution in [0.25, 0.3) is 10.9 Å². The number of halogens is 1. The van der Waals surface area contributed by atoms with E-state index in [1.807, 2.05) is 11.0 Å². The van der Waals surface area contributed by atoms with Crippen LogP contribution in [0.15, 0.2) is 24.4 Å². The Hall–Kier alpha value is -1.88. The normalized spacial score (nSPS) is 20.2. The molecule has 0 aliphatic carbocycles. The van der Waals surface area contributed by atoms with Gasteiger partial charge in [-0.25, -0.2) is 4.39 Å². The quantitative estimate of drug-likeness (QED) is 0.892. The summed E-state index contributed by atoms with van der Waals surface area (Å²) in [5.41, 5.74) is 1.45. The van der Waals surface area contributed by atoms with Crippen LogP contribution in [0.3, 0.4) is 0 Å². The van der Waals surface area contributed by atoms with Crippen LogP contribution in [0.1, 0.15) is 18.4 Å². The molecule has 0 radical (unpaired) electrons. The third-order valence-corrected chi connectivity index (χ3v) is 3.80. The van der Waals surface area contributed by atoms with E-state index in [4.69, 9.17) is 5.11 Å². The van der Waals surface area contributed by atoms with Crippen molar-refractivity contribution in [3.63, 3.8) is 0 Å². The van der Waals surface area contributed by atoms with E-state index in [2.05, 4.69) is 4.98 Å². The fourth-order valence-corrected chi connectivity index (χ4v) is 2.83. The third kappa shape index (κ3) is 2.10. The average molecular weight is 262 g/mol. The van der Waals surface area contributed by atoms with Gasteiger partial charge in [-0.3, -0.25) is 9.69 Å². The van der Waals surface area contributed by atoms with E-state index in [0.717, 1.165) is 17.3 Å². The Labute approximate surface area is 109 Å². The number of nitrogens with one attached hydrogen (secondary N) is 1. The molecule has 2 heterocycles. The van der Waals surface area contributed by atoms with Crippen molar-refractivity contribution in [2.45, 2.75) is 25.4 Å². The van der Waals surface area contributed by atoms with Gasteiger partial charge in [0.05, 0.1) is 0 Å². The maximum Gasteiger partial charge on any atom is 0.320 e. The van der Waals surface area contributed by atoms with Gasteiger partial charge in [0.25, 0.3) is 0 Å². The summed E-state index contributed by atoms with van der Waals surface area (Å²) < 4.78 is 14.0. The minimum atomic E-state index is -0.820. The lowest BCUT2D eigenvalue weighted by Gasteiger charge is -2.21. The molecule has 1 saturated heterocycles. The molecule has 1 aliphatic heterocycles. The largest absolute Gasteiger partial charge is 0.480 e. The van der Waals surface area contributed by atoms with Crippen LogP contribution in [0, 0.1) is 5.82 Å². The van der Waals surface area contributed by atoms with Gasteiger partial charge < -0.3 is 10.1 Å². The number of fused-ring (bicyclic) bond motifs is 1. The van der Waals surface area contributed by atoms with E-state index < -0.39 is 12.0 Å². The smallest absolute Gasteiger partial charge is 0.320 e. The van der Waals surface area contributed by atoms with Gasteiger partial charge in [-0.2, -0.15) is 0 Å². The standard InChI is InChI=1S/C14H15FN2O2/c15-11-3-4-12-9(5-6-16-12)10(11)8-17-7-1-2-13(17)14(18)19/h3-6,13,16H,1-2,7-8H2,(H,18,19). The fourth-order valence-electron chi connectivity index (χ4n) is 2.83. The van der Waals surface area contributed by atoms with Gasteiger partial charge in [-0.05, 0) is 37.6 Å². The molecule has 3 rings (SSSR count). The van der Waals surface area contributed by atoms with E-state index in [1.54, 1.807) is 12.3 Å².